The third kappa shape index (κ3) is 1.60. The van der Waals surface area contributed by atoms with Gasteiger partial charge in [-0.1, -0.05) is 30.3 Å². The molecule has 1 N–H and O–H groups in total. The van der Waals surface area contributed by atoms with Crippen molar-refractivity contribution in [1.82, 2.24) is 5.43 Å². The number of rotatable bonds is 2. The number of hydrazone groups is 1. The fourth-order valence-electron chi connectivity index (χ4n) is 1.92. The van der Waals surface area contributed by atoms with E-state index in [-0.39, 0.29) is 6.04 Å². The minimum atomic E-state index is 0.265. The van der Waals surface area contributed by atoms with Crippen LogP contribution in [0.15, 0.2) is 58.2 Å². The molecule has 0 radical (unpaired) electrons. The van der Waals surface area contributed by atoms with E-state index >= 15 is 0 Å². The van der Waals surface area contributed by atoms with Crippen LogP contribution in [0.1, 0.15) is 23.8 Å². The second kappa shape index (κ2) is 3.85. The maximum absolute atomic E-state index is 5.33. The van der Waals surface area contributed by atoms with E-state index < -0.39 is 0 Å². The molecule has 3 heteroatoms. The minimum Gasteiger partial charge on any atom is -0.463 e. The first kappa shape index (κ1) is 9.21. The Kier molecular flexibility index (Phi) is 2.22. The summed E-state index contributed by atoms with van der Waals surface area (Å²) in [7, 11) is 0. The Balaban J connectivity index is 1.78. The van der Waals surface area contributed by atoms with E-state index in [9.17, 15) is 0 Å². The molecule has 1 atom stereocenters. The van der Waals surface area contributed by atoms with Crippen molar-refractivity contribution < 1.29 is 4.42 Å². The molecule has 1 aromatic heterocycles. The first-order valence-corrected chi connectivity index (χ1v) is 5.34. The lowest BCUT2D eigenvalue weighted by atomic mass is 10.0. The first-order chi connectivity index (χ1) is 7.93. The van der Waals surface area contributed by atoms with E-state index in [1.165, 1.54) is 5.56 Å². The van der Waals surface area contributed by atoms with Crippen LogP contribution in [0.2, 0.25) is 0 Å². The van der Waals surface area contributed by atoms with Crippen molar-refractivity contribution in [2.75, 3.05) is 0 Å². The van der Waals surface area contributed by atoms with Gasteiger partial charge in [-0.05, 0) is 17.7 Å². The number of benzene rings is 1. The molecule has 0 spiro atoms. The van der Waals surface area contributed by atoms with Crippen LogP contribution < -0.4 is 5.43 Å². The van der Waals surface area contributed by atoms with Gasteiger partial charge in [0.2, 0.25) is 0 Å². The molecular weight excluding hydrogens is 200 g/mol. The Bertz CT molecular complexity index is 488. The maximum atomic E-state index is 5.33. The molecule has 2 heterocycles. The van der Waals surface area contributed by atoms with Gasteiger partial charge in [0.05, 0.1) is 12.3 Å². The largest absolute Gasteiger partial charge is 0.463 e. The Morgan fingerprint density at radius 3 is 2.75 bits per heavy atom. The molecule has 3 nitrogen and oxygen atoms in total. The van der Waals surface area contributed by atoms with Crippen LogP contribution in [0.4, 0.5) is 0 Å². The minimum absolute atomic E-state index is 0.265. The molecule has 0 saturated carbocycles. The topological polar surface area (TPSA) is 37.5 Å². The third-order valence-electron chi connectivity index (χ3n) is 2.76. The molecule has 1 aromatic carbocycles. The predicted molar refractivity (Wildman–Crippen MR) is 62.2 cm³/mol. The molecule has 0 fully saturated rings. The van der Waals surface area contributed by atoms with E-state index in [4.69, 9.17) is 4.42 Å². The average Bonchev–Trinajstić information content (AvgIpc) is 3.01. The van der Waals surface area contributed by atoms with Crippen molar-refractivity contribution in [3.63, 3.8) is 0 Å². The predicted octanol–water partition coefficient (Wildman–Crippen LogP) is 2.72. The lowest BCUT2D eigenvalue weighted by Crippen LogP contribution is -2.09. The van der Waals surface area contributed by atoms with Crippen molar-refractivity contribution >= 4 is 5.71 Å². The van der Waals surface area contributed by atoms with E-state index in [2.05, 4.69) is 22.7 Å². The van der Waals surface area contributed by atoms with E-state index in [0.29, 0.717) is 0 Å². The van der Waals surface area contributed by atoms with Crippen LogP contribution in [-0.4, -0.2) is 5.71 Å². The molecule has 0 aliphatic carbocycles. The number of furan rings is 1. The Morgan fingerprint density at radius 2 is 2.00 bits per heavy atom. The van der Waals surface area contributed by atoms with E-state index in [0.717, 1.165) is 17.9 Å². The van der Waals surface area contributed by atoms with Gasteiger partial charge in [-0.3, -0.25) is 0 Å². The summed E-state index contributed by atoms with van der Waals surface area (Å²) in [5, 5.41) is 4.31. The highest BCUT2D eigenvalue weighted by molar-refractivity contribution is 5.99. The highest BCUT2D eigenvalue weighted by Gasteiger charge is 2.22. The molecule has 80 valence electrons. The third-order valence-corrected chi connectivity index (χ3v) is 2.76. The van der Waals surface area contributed by atoms with E-state index in [1.54, 1.807) is 6.26 Å². The van der Waals surface area contributed by atoms with Gasteiger partial charge >= 0.3 is 0 Å². The van der Waals surface area contributed by atoms with Crippen LogP contribution in [-0.2, 0) is 0 Å². The van der Waals surface area contributed by atoms with Gasteiger partial charge in [0.15, 0.2) is 0 Å². The molecule has 0 bridgehead atoms. The zero-order chi connectivity index (χ0) is 10.8. The number of nitrogens with one attached hydrogen (secondary N) is 1. The van der Waals surface area contributed by atoms with Crippen LogP contribution in [0.3, 0.4) is 0 Å². The zero-order valence-corrected chi connectivity index (χ0v) is 8.76. The molecule has 0 saturated heterocycles. The van der Waals surface area contributed by atoms with Gasteiger partial charge in [-0.15, -0.1) is 0 Å². The van der Waals surface area contributed by atoms with Crippen molar-refractivity contribution in [3.05, 3.63) is 60.1 Å². The summed E-state index contributed by atoms with van der Waals surface area (Å²) >= 11 is 0. The van der Waals surface area contributed by atoms with Gasteiger partial charge in [-0.25, -0.2) is 0 Å². The summed E-state index contributed by atoms with van der Waals surface area (Å²) in [5.74, 6) is 0.853. The monoisotopic (exact) mass is 212 g/mol. The Labute approximate surface area is 93.8 Å². The highest BCUT2D eigenvalue weighted by Crippen LogP contribution is 2.24. The van der Waals surface area contributed by atoms with Gasteiger partial charge in [0.25, 0.3) is 0 Å². The van der Waals surface area contributed by atoms with Gasteiger partial charge in [0.1, 0.15) is 11.5 Å². The van der Waals surface area contributed by atoms with Gasteiger partial charge < -0.3 is 9.84 Å². The summed E-state index contributed by atoms with van der Waals surface area (Å²) in [6, 6.07) is 14.4. The summed E-state index contributed by atoms with van der Waals surface area (Å²) in [5.41, 5.74) is 5.38. The summed E-state index contributed by atoms with van der Waals surface area (Å²) in [6.07, 6.45) is 2.55. The van der Waals surface area contributed by atoms with Crippen LogP contribution >= 0.6 is 0 Å². The molecule has 2 aromatic rings. The summed E-state index contributed by atoms with van der Waals surface area (Å²) < 4.78 is 5.33. The summed E-state index contributed by atoms with van der Waals surface area (Å²) in [4.78, 5) is 0. The maximum Gasteiger partial charge on any atom is 0.149 e. The quantitative estimate of drug-likeness (QED) is 0.831. The van der Waals surface area contributed by atoms with Gasteiger partial charge in [0, 0.05) is 6.42 Å². The lowest BCUT2D eigenvalue weighted by Gasteiger charge is -2.08. The zero-order valence-electron chi connectivity index (χ0n) is 8.76. The summed E-state index contributed by atoms with van der Waals surface area (Å²) in [6.45, 7) is 0. The number of nitrogens with zero attached hydrogens (tertiary/aromatic N) is 1. The molecule has 3 rings (SSSR count). The molecule has 0 amide bonds. The fraction of sp³-hybridized carbons (Fsp3) is 0.154. The van der Waals surface area contributed by atoms with Crippen LogP contribution in [0.25, 0.3) is 0 Å². The second-order valence-corrected chi connectivity index (χ2v) is 3.83. The molecule has 1 aliphatic heterocycles. The van der Waals surface area contributed by atoms with Crippen molar-refractivity contribution in [3.8, 4) is 0 Å². The smallest absolute Gasteiger partial charge is 0.149 e. The normalized spacial score (nSPS) is 19.2. The molecule has 1 aliphatic rings. The molecule has 1 unspecified atom stereocenters. The second-order valence-electron chi connectivity index (χ2n) is 3.83. The van der Waals surface area contributed by atoms with Crippen LogP contribution in [0.5, 0.6) is 0 Å². The SMILES string of the molecule is c1ccc(C2CC(c3ccco3)=NN2)cc1. The average molecular weight is 212 g/mol. The molecular formula is C13H12N2O. The standard InChI is InChI=1S/C13H12N2O/c1-2-5-10(6-3-1)11-9-12(15-14-11)13-7-4-8-16-13/h1-8,11,14H,9H2. The highest BCUT2D eigenvalue weighted by atomic mass is 16.3. The van der Waals surface area contributed by atoms with Crippen molar-refractivity contribution in [1.29, 1.82) is 0 Å². The van der Waals surface area contributed by atoms with E-state index in [1.807, 2.05) is 30.3 Å². The number of hydrogen-bond donors (Lipinski definition) is 1. The Hall–Kier alpha value is -2.03. The van der Waals surface area contributed by atoms with Crippen molar-refractivity contribution in [2.24, 2.45) is 5.10 Å². The first-order valence-electron chi connectivity index (χ1n) is 5.34. The lowest BCUT2D eigenvalue weighted by molar-refractivity contribution is 0.556. The fourth-order valence-corrected chi connectivity index (χ4v) is 1.92. The number of hydrogen-bond acceptors (Lipinski definition) is 3. The van der Waals surface area contributed by atoms with Crippen molar-refractivity contribution in [2.45, 2.75) is 12.5 Å². The van der Waals surface area contributed by atoms with Gasteiger partial charge in [-0.2, -0.15) is 5.10 Å². The van der Waals surface area contributed by atoms with Crippen LogP contribution in [0, 0.1) is 0 Å². The Morgan fingerprint density at radius 1 is 1.12 bits per heavy atom. The molecule has 16 heavy (non-hydrogen) atoms.